The molecule has 0 saturated carbocycles. The first-order valence-corrected chi connectivity index (χ1v) is 5.56. The molecule has 3 aromatic rings. The standard InChI is InChI=1S/C11H13N5O/c1-2-3-16-5-7-8(11(16)17)9(12)6-4-13-15-10(6)14-7/h4-5H,2-3,12H2,1H3,(H2,13,14,15). The zero-order valence-electron chi connectivity index (χ0n) is 9.45. The molecule has 3 rings (SSSR count). The lowest BCUT2D eigenvalue weighted by Gasteiger charge is -1.96. The molecular weight excluding hydrogens is 218 g/mol. The van der Waals surface area contributed by atoms with E-state index in [-0.39, 0.29) is 5.56 Å². The number of fused-ring (bicyclic) bond motifs is 2. The summed E-state index contributed by atoms with van der Waals surface area (Å²) in [5.74, 6) is 0. The van der Waals surface area contributed by atoms with Crippen molar-refractivity contribution in [3.63, 3.8) is 0 Å². The molecule has 17 heavy (non-hydrogen) atoms. The summed E-state index contributed by atoms with van der Waals surface area (Å²) < 4.78 is 1.66. The van der Waals surface area contributed by atoms with Crippen molar-refractivity contribution in [2.45, 2.75) is 19.9 Å². The van der Waals surface area contributed by atoms with Crippen molar-refractivity contribution >= 4 is 27.6 Å². The van der Waals surface area contributed by atoms with Crippen LogP contribution in [0.4, 0.5) is 5.69 Å². The molecule has 4 N–H and O–H groups in total. The number of hydrogen-bond acceptors (Lipinski definition) is 3. The maximum absolute atomic E-state index is 12.1. The number of anilines is 1. The van der Waals surface area contributed by atoms with Gasteiger partial charge in [0.05, 0.1) is 22.0 Å². The number of aromatic amines is 2. The number of hydrogen-bond donors (Lipinski definition) is 3. The molecule has 6 heteroatoms. The highest BCUT2D eigenvalue weighted by molar-refractivity contribution is 6.04. The van der Waals surface area contributed by atoms with E-state index >= 15 is 0 Å². The number of aromatic nitrogens is 4. The van der Waals surface area contributed by atoms with E-state index in [1.807, 2.05) is 6.92 Å². The second-order valence-corrected chi connectivity index (χ2v) is 4.09. The average Bonchev–Trinajstić information content (AvgIpc) is 2.86. The molecule has 0 spiro atoms. The molecule has 0 unspecified atom stereocenters. The summed E-state index contributed by atoms with van der Waals surface area (Å²) in [6.45, 7) is 2.72. The Morgan fingerprint density at radius 3 is 3.12 bits per heavy atom. The summed E-state index contributed by atoms with van der Waals surface area (Å²) in [6.07, 6.45) is 4.38. The van der Waals surface area contributed by atoms with E-state index in [1.54, 1.807) is 17.0 Å². The zero-order chi connectivity index (χ0) is 12.0. The minimum Gasteiger partial charge on any atom is -0.397 e. The Labute approximate surface area is 96.4 Å². The van der Waals surface area contributed by atoms with Gasteiger partial charge in [0.15, 0.2) is 5.65 Å². The van der Waals surface area contributed by atoms with E-state index in [2.05, 4.69) is 15.2 Å². The maximum atomic E-state index is 12.1. The average molecular weight is 231 g/mol. The fraction of sp³-hybridized carbons (Fsp3) is 0.273. The molecule has 0 radical (unpaired) electrons. The highest BCUT2D eigenvalue weighted by Crippen LogP contribution is 2.24. The zero-order valence-corrected chi connectivity index (χ0v) is 9.45. The van der Waals surface area contributed by atoms with Gasteiger partial charge >= 0.3 is 0 Å². The number of nitrogens with zero attached hydrogens (tertiary/aromatic N) is 2. The van der Waals surface area contributed by atoms with Crippen LogP contribution in [-0.4, -0.2) is 19.7 Å². The van der Waals surface area contributed by atoms with Crippen molar-refractivity contribution in [3.05, 3.63) is 22.7 Å². The van der Waals surface area contributed by atoms with Gasteiger partial charge < -0.3 is 15.4 Å². The molecule has 6 nitrogen and oxygen atoms in total. The Balaban J connectivity index is 2.45. The van der Waals surface area contributed by atoms with E-state index in [0.29, 0.717) is 28.8 Å². The van der Waals surface area contributed by atoms with Crippen molar-refractivity contribution in [1.29, 1.82) is 0 Å². The minimum absolute atomic E-state index is 0.0602. The number of rotatable bonds is 2. The predicted octanol–water partition coefficient (Wildman–Crippen LogP) is 1.20. The van der Waals surface area contributed by atoms with E-state index in [1.165, 1.54) is 0 Å². The van der Waals surface area contributed by atoms with Gasteiger partial charge in [0.25, 0.3) is 5.56 Å². The molecule has 3 aromatic heterocycles. The van der Waals surface area contributed by atoms with Gasteiger partial charge in [-0.05, 0) is 6.42 Å². The van der Waals surface area contributed by atoms with Gasteiger partial charge in [0.2, 0.25) is 0 Å². The van der Waals surface area contributed by atoms with Gasteiger partial charge in [-0.25, -0.2) is 4.98 Å². The topological polar surface area (TPSA) is 92.5 Å². The molecule has 0 aliphatic rings. The van der Waals surface area contributed by atoms with Crippen LogP contribution in [0.15, 0.2) is 17.2 Å². The van der Waals surface area contributed by atoms with E-state index in [4.69, 9.17) is 5.73 Å². The Morgan fingerprint density at radius 1 is 1.53 bits per heavy atom. The third kappa shape index (κ3) is 1.27. The predicted molar refractivity (Wildman–Crippen MR) is 66.9 cm³/mol. The van der Waals surface area contributed by atoms with Crippen LogP contribution in [0.1, 0.15) is 13.3 Å². The molecule has 0 aromatic carbocycles. The molecule has 88 valence electrons. The lowest BCUT2D eigenvalue weighted by Crippen LogP contribution is -2.14. The van der Waals surface area contributed by atoms with Crippen LogP contribution in [0.2, 0.25) is 0 Å². The van der Waals surface area contributed by atoms with E-state index in [9.17, 15) is 4.79 Å². The molecule has 3 heterocycles. The molecule has 0 atom stereocenters. The molecule has 0 fully saturated rings. The third-order valence-corrected chi connectivity index (χ3v) is 2.93. The normalized spacial score (nSPS) is 11.6. The fourth-order valence-electron chi connectivity index (χ4n) is 2.13. The van der Waals surface area contributed by atoms with Gasteiger partial charge in [-0.3, -0.25) is 9.89 Å². The Kier molecular flexibility index (Phi) is 1.98. The quantitative estimate of drug-likeness (QED) is 0.618. The van der Waals surface area contributed by atoms with E-state index < -0.39 is 0 Å². The summed E-state index contributed by atoms with van der Waals surface area (Å²) >= 11 is 0. The van der Waals surface area contributed by atoms with Crippen LogP contribution in [0.25, 0.3) is 21.9 Å². The first kappa shape index (κ1) is 9.95. The SMILES string of the molecule is CCCn1cc2nc3[nH][nH]cc3c(N)c2c1=O. The number of nitrogen functional groups attached to an aromatic ring is 1. The highest BCUT2D eigenvalue weighted by atomic mass is 16.1. The Hall–Kier alpha value is -2.24. The van der Waals surface area contributed by atoms with Crippen molar-refractivity contribution < 1.29 is 0 Å². The smallest absolute Gasteiger partial charge is 0.262 e. The van der Waals surface area contributed by atoms with Gasteiger partial charge in [0.1, 0.15) is 0 Å². The number of pyridine rings is 1. The Morgan fingerprint density at radius 2 is 2.35 bits per heavy atom. The van der Waals surface area contributed by atoms with Crippen molar-refractivity contribution in [1.82, 2.24) is 19.7 Å². The monoisotopic (exact) mass is 231 g/mol. The first-order valence-electron chi connectivity index (χ1n) is 5.56. The summed E-state index contributed by atoms with van der Waals surface area (Å²) in [5, 5.41) is 6.98. The number of nitrogens with two attached hydrogens (primary N) is 1. The molecule has 0 amide bonds. The van der Waals surface area contributed by atoms with Crippen LogP contribution in [0.5, 0.6) is 0 Å². The van der Waals surface area contributed by atoms with Gasteiger partial charge in [0, 0.05) is 18.9 Å². The molecule has 0 saturated heterocycles. The fourth-order valence-corrected chi connectivity index (χ4v) is 2.13. The highest BCUT2D eigenvalue weighted by Gasteiger charge is 2.14. The summed E-state index contributed by atoms with van der Waals surface area (Å²) in [5.41, 5.74) is 7.76. The second-order valence-electron chi connectivity index (χ2n) is 4.09. The Bertz CT molecular complexity index is 748. The van der Waals surface area contributed by atoms with Crippen LogP contribution >= 0.6 is 0 Å². The second kappa shape index (κ2) is 3.38. The van der Waals surface area contributed by atoms with Crippen LogP contribution in [-0.2, 0) is 6.54 Å². The van der Waals surface area contributed by atoms with Crippen molar-refractivity contribution in [2.75, 3.05) is 5.73 Å². The van der Waals surface area contributed by atoms with Gasteiger partial charge in [-0.15, -0.1) is 0 Å². The largest absolute Gasteiger partial charge is 0.397 e. The number of nitrogens with one attached hydrogen (secondary N) is 2. The van der Waals surface area contributed by atoms with Crippen LogP contribution in [0, 0.1) is 0 Å². The minimum atomic E-state index is -0.0602. The number of H-pyrrole nitrogens is 2. The first-order chi connectivity index (χ1) is 8.22. The van der Waals surface area contributed by atoms with Crippen molar-refractivity contribution in [2.24, 2.45) is 0 Å². The van der Waals surface area contributed by atoms with Gasteiger partial charge in [-0.2, -0.15) is 0 Å². The maximum Gasteiger partial charge on any atom is 0.262 e. The van der Waals surface area contributed by atoms with E-state index in [0.717, 1.165) is 11.8 Å². The van der Waals surface area contributed by atoms with Gasteiger partial charge in [-0.1, -0.05) is 6.92 Å². The molecule has 0 bridgehead atoms. The molecule has 0 aliphatic heterocycles. The molecule has 0 aliphatic carbocycles. The summed E-state index contributed by atoms with van der Waals surface area (Å²) in [6, 6.07) is 0. The molecular formula is C11H13N5O. The lowest BCUT2D eigenvalue weighted by molar-refractivity contribution is 0.667. The van der Waals surface area contributed by atoms with Crippen LogP contribution in [0.3, 0.4) is 0 Å². The third-order valence-electron chi connectivity index (χ3n) is 2.93. The van der Waals surface area contributed by atoms with Crippen molar-refractivity contribution in [3.8, 4) is 0 Å². The lowest BCUT2D eigenvalue weighted by atomic mass is 10.2. The van der Waals surface area contributed by atoms with Crippen LogP contribution < -0.4 is 11.3 Å². The number of aryl methyl sites for hydroxylation is 1. The summed E-state index contributed by atoms with van der Waals surface area (Å²) in [7, 11) is 0. The summed E-state index contributed by atoms with van der Waals surface area (Å²) in [4.78, 5) is 16.5.